The normalized spacial score (nSPS) is 12.6. The van der Waals surface area contributed by atoms with Crippen molar-refractivity contribution in [1.29, 1.82) is 0 Å². The molecule has 2 N–H and O–H groups in total. The number of aromatic hydroxyl groups is 1. The number of benzene rings is 3. The highest BCUT2D eigenvalue weighted by atomic mass is 16.3. The molecule has 0 aromatic heterocycles. The van der Waals surface area contributed by atoms with Crippen LogP contribution in [0.5, 0.6) is 5.75 Å². The van der Waals surface area contributed by atoms with Crippen LogP contribution in [0.3, 0.4) is 0 Å². The summed E-state index contributed by atoms with van der Waals surface area (Å²) in [4.78, 5) is 12.5. The van der Waals surface area contributed by atoms with Crippen LogP contribution in [0.2, 0.25) is 0 Å². The Morgan fingerprint density at radius 2 is 1.75 bits per heavy atom. The summed E-state index contributed by atoms with van der Waals surface area (Å²) in [6.07, 6.45) is 2.52. The summed E-state index contributed by atoms with van der Waals surface area (Å²) in [6, 6.07) is 19.4. The Hall–Kier alpha value is -3.14. The van der Waals surface area contributed by atoms with E-state index in [1.165, 1.54) is 11.8 Å². The van der Waals surface area contributed by atoms with Crippen LogP contribution in [0.15, 0.2) is 65.8 Å². The SMILES string of the molecule is CC(C)Cc1ccc([C@@H](C)C(=O)N/N=C/c2c(O)ccc3ccccc23)cc1. The lowest BCUT2D eigenvalue weighted by molar-refractivity contribution is -0.122. The van der Waals surface area contributed by atoms with Crippen LogP contribution in [0, 0.1) is 5.92 Å². The lowest BCUT2D eigenvalue weighted by Crippen LogP contribution is -2.23. The average molecular weight is 374 g/mol. The summed E-state index contributed by atoms with van der Waals surface area (Å²) < 4.78 is 0. The number of hydrogen-bond donors (Lipinski definition) is 2. The van der Waals surface area contributed by atoms with E-state index in [0.29, 0.717) is 11.5 Å². The molecule has 0 radical (unpaired) electrons. The van der Waals surface area contributed by atoms with E-state index in [1.54, 1.807) is 6.07 Å². The summed E-state index contributed by atoms with van der Waals surface area (Å²) in [6.45, 7) is 6.24. The second-order valence-electron chi connectivity index (χ2n) is 7.51. The smallest absolute Gasteiger partial charge is 0.247 e. The molecule has 0 aliphatic carbocycles. The summed E-state index contributed by atoms with van der Waals surface area (Å²) in [5, 5.41) is 16.1. The van der Waals surface area contributed by atoms with Crippen LogP contribution in [0.25, 0.3) is 10.8 Å². The van der Waals surface area contributed by atoms with Crippen molar-refractivity contribution >= 4 is 22.9 Å². The molecule has 1 amide bonds. The van der Waals surface area contributed by atoms with E-state index in [9.17, 15) is 9.90 Å². The standard InChI is InChI=1S/C24H26N2O2/c1-16(2)14-18-8-10-19(11-9-18)17(3)24(28)26-25-15-22-21-7-5-4-6-20(21)12-13-23(22)27/h4-13,15-17,27H,14H2,1-3H3,(H,26,28)/b25-15+/t17-/m1/s1. The molecule has 0 saturated carbocycles. The van der Waals surface area contributed by atoms with Gasteiger partial charge in [0.2, 0.25) is 5.91 Å². The summed E-state index contributed by atoms with van der Waals surface area (Å²) in [7, 11) is 0. The summed E-state index contributed by atoms with van der Waals surface area (Å²) in [5.74, 6) is 0.232. The van der Waals surface area contributed by atoms with Gasteiger partial charge in [-0.2, -0.15) is 5.10 Å². The first-order valence-corrected chi connectivity index (χ1v) is 9.58. The predicted octanol–water partition coefficient (Wildman–Crippen LogP) is 5.00. The van der Waals surface area contributed by atoms with E-state index >= 15 is 0 Å². The van der Waals surface area contributed by atoms with Crippen molar-refractivity contribution in [3.63, 3.8) is 0 Å². The number of fused-ring (bicyclic) bond motifs is 1. The lowest BCUT2D eigenvalue weighted by Gasteiger charge is -2.12. The number of nitrogens with one attached hydrogen (secondary N) is 1. The van der Waals surface area contributed by atoms with Crippen molar-refractivity contribution in [2.45, 2.75) is 33.1 Å². The Morgan fingerprint density at radius 1 is 1.04 bits per heavy atom. The maximum Gasteiger partial charge on any atom is 0.247 e. The molecule has 0 spiro atoms. The van der Waals surface area contributed by atoms with Gasteiger partial charge in [0.25, 0.3) is 0 Å². The Balaban J connectivity index is 1.69. The van der Waals surface area contributed by atoms with Gasteiger partial charge in [0, 0.05) is 5.56 Å². The van der Waals surface area contributed by atoms with Crippen molar-refractivity contribution in [3.8, 4) is 5.75 Å². The molecular formula is C24H26N2O2. The second kappa shape index (κ2) is 8.70. The number of phenolic OH excluding ortho intramolecular Hbond substituents is 1. The van der Waals surface area contributed by atoms with Gasteiger partial charge in [0.15, 0.2) is 0 Å². The second-order valence-corrected chi connectivity index (χ2v) is 7.51. The van der Waals surface area contributed by atoms with Gasteiger partial charge in [-0.05, 0) is 47.2 Å². The zero-order valence-corrected chi connectivity index (χ0v) is 16.5. The van der Waals surface area contributed by atoms with Gasteiger partial charge in [-0.3, -0.25) is 4.79 Å². The molecule has 0 aliphatic rings. The minimum absolute atomic E-state index is 0.130. The highest BCUT2D eigenvalue weighted by Gasteiger charge is 2.14. The molecule has 4 nitrogen and oxygen atoms in total. The van der Waals surface area contributed by atoms with Crippen LogP contribution in [-0.4, -0.2) is 17.2 Å². The number of carbonyl (C=O) groups is 1. The highest BCUT2D eigenvalue weighted by molar-refractivity contribution is 6.02. The molecule has 0 fully saturated rings. The quantitative estimate of drug-likeness (QED) is 0.471. The summed E-state index contributed by atoms with van der Waals surface area (Å²) >= 11 is 0. The Bertz CT molecular complexity index is 991. The molecule has 0 unspecified atom stereocenters. The molecule has 0 bridgehead atoms. The average Bonchev–Trinajstić information content (AvgIpc) is 2.69. The van der Waals surface area contributed by atoms with Gasteiger partial charge in [-0.25, -0.2) is 5.43 Å². The van der Waals surface area contributed by atoms with Crippen LogP contribution >= 0.6 is 0 Å². The number of nitrogens with zero attached hydrogens (tertiary/aromatic N) is 1. The first kappa shape index (κ1) is 19.6. The van der Waals surface area contributed by atoms with Crippen molar-refractivity contribution in [3.05, 3.63) is 77.4 Å². The number of amides is 1. The fourth-order valence-electron chi connectivity index (χ4n) is 3.24. The third kappa shape index (κ3) is 4.58. The van der Waals surface area contributed by atoms with Crippen LogP contribution in [0.1, 0.15) is 43.4 Å². The molecule has 3 aromatic rings. The number of carbonyl (C=O) groups excluding carboxylic acids is 1. The van der Waals surface area contributed by atoms with Crippen LogP contribution in [-0.2, 0) is 11.2 Å². The zero-order chi connectivity index (χ0) is 20.1. The molecule has 4 heteroatoms. The third-order valence-corrected chi connectivity index (χ3v) is 4.83. The van der Waals surface area contributed by atoms with E-state index < -0.39 is 0 Å². The van der Waals surface area contributed by atoms with E-state index in [1.807, 2.05) is 49.4 Å². The van der Waals surface area contributed by atoms with E-state index in [0.717, 1.165) is 22.8 Å². The third-order valence-electron chi connectivity index (χ3n) is 4.83. The largest absolute Gasteiger partial charge is 0.507 e. The Kier molecular flexibility index (Phi) is 6.09. The van der Waals surface area contributed by atoms with E-state index in [2.05, 4.69) is 36.5 Å². The number of hydrazone groups is 1. The lowest BCUT2D eigenvalue weighted by atomic mass is 9.96. The molecule has 3 rings (SSSR count). The van der Waals surface area contributed by atoms with Crippen molar-refractivity contribution in [1.82, 2.24) is 5.43 Å². The van der Waals surface area contributed by atoms with Crippen LogP contribution in [0.4, 0.5) is 0 Å². The first-order valence-electron chi connectivity index (χ1n) is 9.58. The van der Waals surface area contributed by atoms with Crippen LogP contribution < -0.4 is 5.43 Å². The number of hydrogen-bond acceptors (Lipinski definition) is 3. The van der Waals surface area contributed by atoms with Gasteiger partial charge in [-0.15, -0.1) is 0 Å². The zero-order valence-electron chi connectivity index (χ0n) is 16.5. The molecule has 1 atom stereocenters. The first-order chi connectivity index (χ1) is 13.5. The van der Waals surface area contributed by atoms with Gasteiger partial charge < -0.3 is 5.11 Å². The maximum atomic E-state index is 12.5. The number of rotatable bonds is 6. The molecule has 3 aromatic carbocycles. The molecule has 28 heavy (non-hydrogen) atoms. The topological polar surface area (TPSA) is 61.7 Å². The van der Waals surface area contributed by atoms with Gasteiger partial charge in [-0.1, -0.05) is 68.4 Å². The fraction of sp³-hybridized carbons (Fsp3) is 0.250. The number of phenols is 1. The van der Waals surface area contributed by atoms with Crippen molar-refractivity contribution in [2.24, 2.45) is 11.0 Å². The molecule has 0 aliphatic heterocycles. The molecular weight excluding hydrogens is 348 g/mol. The van der Waals surface area contributed by atoms with Gasteiger partial charge >= 0.3 is 0 Å². The molecule has 0 heterocycles. The minimum atomic E-state index is -0.314. The van der Waals surface area contributed by atoms with E-state index in [-0.39, 0.29) is 17.6 Å². The fourth-order valence-corrected chi connectivity index (χ4v) is 3.24. The maximum absolute atomic E-state index is 12.5. The summed E-state index contributed by atoms with van der Waals surface area (Å²) in [5.41, 5.74) is 5.40. The van der Waals surface area contributed by atoms with Gasteiger partial charge in [0.05, 0.1) is 12.1 Å². The Labute approximate surface area is 165 Å². The van der Waals surface area contributed by atoms with E-state index in [4.69, 9.17) is 0 Å². The van der Waals surface area contributed by atoms with Crippen molar-refractivity contribution in [2.75, 3.05) is 0 Å². The Morgan fingerprint density at radius 3 is 2.46 bits per heavy atom. The predicted molar refractivity (Wildman–Crippen MR) is 115 cm³/mol. The highest BCUT2D eigenvalue weighted by Crippen LogP contribution is 2.25. The molecule has 144 valence electrons. The van der Waals surface area contributed by atoms with Crippen molar-refractivity contribution < 1.29 is 9.90 Å². The van der Waals surface area contributed by atoms with Gasteiger partial charge in [0.1, 0.15) is 5.75 Å². The minimum Gasteiger partial charge on any atom is -0.507 e. The molecule has 0 saturated heterocycles. The monoisotopic (exact) mass is 374 g/mol.